The SMILES string of the molecule is C=C.O=C(O)C1CCCN1.[Cl][Pt]. The van der Waals surface area contributed by atoms with Crippen LogP contribution in [0.3, 0.4) is 0 Å². The summed E-state index contributed by atoms with van der Waals surface area (Å²) in [5.74, 6) is -0.720. The summed E-state index contributed by atoms with van der Waals surface area (Å²) in [6.45, 7) is 6.86. The number of hydrogen-bond acceptors (Lipinski definition) is 2. The Morgan fingerprint density at radius 3 is 2.25 bits per heavy atom. The van der Waals surface area contributed by atoms with E-state index in [1.165, 1.54) is 0 Å². The summed E-state index contributed by atoms with van der Waals surface area (Å²) in [7, 11) is 4.61. The summed E-state index contributed by atoms with van der Waals surface area (Å²) in [5, 5.41) is 11.2. The Balaban J connectivity index is 0. The maximum absolute atomic E-state index is 10.1. The molecule has 0 aromatic carbocycles. The van der Waals surface area contributed by atoms with Gasteiger partial charge in [-0.05, 0) is 19.4 Å². The standard InChI is InChI=1S/C5H9NO2.C2H4.ClH.Pt/c7-5(8)4-2-1-3-6-4;1-2;;/h4,6H,1-3H2,(H,7,8);1-2H2;1H;/q;;;+1/p-1. The average molecular weight is 374 g/mol. The molecule has 2 N–H and O–H groups in total. The van der Waals surface area contributed by atoms with Gasteiger partial charge in [0.05, 0.1) is 0 Å². The number of halogens is 1. The number of aliphatic carboxylic acids is 1. The van der Waals surface area contributed by atoms with Gasteiger partial charge in [0.25, 0.3) is 0 Å². The van der Waals surface area contributed by atoms with Crippen LogP contribution in [0.4, 0.5) is 0 Å². The molecule has 0 amide bonds. The quantitative estimate of drug-likeness (QED) is 0.682. The van der Waals surface area contributed by atoms with Crippen LogP contribution in [0, 0.1) is 0 Å². The fourth-order valence-corrected chi connectivity index (χ4v) is 0.895. The third-order valence-electron chi connectivity index (χ3n) is 1.36. The molecule has 1 rings (SSSR count). The molecule has 0 aromatic heterocycles. The Morgan fingerprint density at radius 2 is 2.08 bits per heavy atom. The second-order valence-electron chi connectivity index (χ2n) is 1.99. The van der Waals surface area contributed by atoms with Crippen molar-refractivity contribution in [2.75, 3.05) is 6.54 Å². The molecule has 12 heavy (non-hydrogen) atoms. The van der Waals surface area contributed by atoms with Gasteiger partial charge in [0.2, 0.25) is 0 Å². The van der Waals surface area contributed by atoms with Crippen molar-refractivity contribution in [1.29, 1.82) is 0 Å². The van der Waals surface area contributed by atoms with Crippen molar-refractivity contribution in [3.63, 3.8) is 0 Å². The van der Waals surface area contributed by atoms with Crippen molar-refractivity contribution < 1.29 is 28.7 Å². The topological polar surface area (TPSA) is 49.3 Å². The van der Waals surface area contributed by atoms with Crippen molar-refractivity contribution >= 4 is 15.4 Å². The zero-order valence-corrected chi connectivity index (χ0v) is 9.69. The number of carboxylic acids is 1. The zero-order valence-electron chi connectivity index (χ0n) is 6.66. The fraction of sp³-hybridized carbons (Fsp3) is 0.571. The van der Waals surface area contributed by atoms with E-state index < -0.39 is 5.97 Å². The van der Waals surface area contributed by atoms with Crippen molar-refractivity contribution in [2.45, 2.75) is 18.9 Å². The first-order valence-corrected chi connectivity index (χ1v) is 6.20. The van der Waals surface area contributed by atoms with E-state index in [0.717, 1.165) is 19.4 Å². The molecule has 1 fully saturated rings. The first-order chi connectivity index (χ1) is 5.80. The van der Waals surface area contributed by atoms with Crippen LogP contribution in [0.5, 0.6) is 0 Å². The van der Waals surface area contributed by atoms with Crippen LogP contribution >= 0.6 is 9.42 Å². The van der Waals surface area contributed by atoms with Gasteiger partial charge < -0.3 is 10.4 Å². The third-order valence-corrected chi connectivity index (χ3v) is 1.36. The van der Waals surface area contributed by atoms with E-state index in [0.29, 0.717) is 0 Å². The molecule has 0 aliphatic carbocycles. The zero-order chi connectivity index (χ0) is 9.98. The van der Waals surface area contributed by atoms with Crippen LogP contribution in [-0.2, 0) is 23.6 Å². The molecule has 1 heterocycles. The second kappa shape index (κ2) is 11.1. The molecule has 0 bridgehead atoms. The summed E-state index contributed by atoms with van der Waals surface area (Å²) in [5.41, 5.74) is 0. The minimum absolute atomic E-state index is 0.269. The average Bonchev–Trinajstić information content (AvgIpc) is 2.64. The van der Waals surface area contributed by atoms with E-state index >= 15 is 0 Å². The van der Waals surface area contributed by atoms with Crippen LogP contribution in [0.25, 0.3) is 0 Å². The second-order valence-corrected chi connectivity index (χ2v) is 1.99. The van der Waals surface area contributed by atoms with Crippen LogP contribution in [0.2, 0.25) is 0 Å². The van der Waals surface area contributed by atoms with Crippen LogP contribution < -0.4 is 5.32 Å². The van der Waals surface area contributed by atoms with E-state index in [1.54, 1.807) is 18.8 Å². The summed E-state index contributed by atoms with van der Waals surface area (Å²) in [6, 6.07) is -0.269. The van der Waals surface area contributed by atoms with Crippen molar-refractivity contribution in [2.24, 2.45) is 0 Å². The molecule has 0 spiro atoms. The van der Waals surface area contributed by atoms with Gasteiger partial charge >= 0.3 is 34.2 Å². The van der Waals surface area contributed by atoms with Gasteiger partial charge in [-0.1, -0.05) is 0 Å². The summed E-state index contributed by atoms with van der Waals surface area (Å²) >= 11 is 1.61. The van der Waals surface area contributed by atoms with Gasteiger partial charge in [-0.2, -0.15) is 0 Å². The van der Waals surface area contributed by atoms with Crippen LogP contribution in [-0.4, -0.2) is 23.7 Å². The first-order valence-electron chi connectivity index (χ1n) is 3.39. The molecule has 3 nitrogen and oxygen atoms in total. The summed E-state index contributed by atoms with van der Waals surface area (Å²) in [4.78, 5) is 10.1. The van der Waals surface area contributed by atoms with Crippen LogP contribution in [0.15, 0.2) is 13.2 Å². The molecule has 1 aliphatic heterocycles. The van der Waals surface area contributed by atoms with E-state index in [-0.39, 0.29) is 6.04 Å². The molecular formula is C7H13ClNO2Pt. The Bertz CT molecular complexity index is 118. The normalized spacial score (nSPS) is 19.8. The van der Waals surface area contributed by atoms with Gasteiger partial charge in [0.15, 0.2) is 0 Å². The first kappa shape index (κ1) is 14.7. The molecular weight excluding hydrogens is 361 g/mol. The molecule has 75 valence electrons. The van der Waals surface area contributed by atoms with Crippen molar-refractivity contribution in [3.8, 4) is 0 Å². The number of nitrogens with one attached hydrogen (secondary N) is 1. The number of carbonyl (C=O) groups is 1. The monoisotopic (exact) mass is 373 g/mol. The fourth-order valence-electron chi connectivity index (χ4n) is 0.895. The van der Waals surface area contributed by atoms with E-state index in [4.69, 9.17) is 5.11 Å². The Hall–Kier alpha value is 0.148. The molecule has 1 atom stereocenters. The van der Waals surface area contributed by atoms with Gasteiger partial charge in [0, 0.05) is 0 Å². The Morgan fingerprint density at radius 1 is 1.58 bits per heavy atom. The van der Waals surface area contributed by atoms with Gasteiger partial charge in [0.1, 0.15) is 6.04 Å². The van der Waals surface area contributed by atoms with E-state index in [2.05, 4.69) is 27.9 Å². The van der Waals surface area contributed by atoms with Gasteiger partial charge in [-0.25, -0.2) is 0 Å². The molecule has 0 radical (unpaired) electrons. The maximum atomic E-state index is 10.1. The van der Waals surface area contributed by atoms with Gasteiger partial charge in [-0.15, -0.1) is 13.2 Å². The molecule has 1 aliphatic rings. The Kier molecular flexibility index (Phi) is 13.6. The predicted molar refractivity (Wildman–Crippen MR) is 45.8 cm³/mol. The molecule has 1 saturated heterocycles. The van der Waals surface area contributed by atoms with Crippen molar-refractivity contribution in [3.05, 3.63) is 13.2 Å². The van der Waals surface area contributed by atoms with E-state index in [9.17, 15) is 4.79 Å². The predicted octanol–water partition coefficient (Wildman–Crippen LogP) is 1.31. The molecule has 0 saturated carbocycles. The summed E-state index contributed by atoms with van der Waals surface area (Å²) < 4.78 is 0. The van der Waals surface area contributed by atoms with Crippen molar-refractivity contribution in [1.82, 2.24) is 5.32 Å². The number of carboxylic acid groups (broad SMARTS) is 1. The molecule has 0 aromatic rings. The number of rotatable bonds is 1. The van der Waals surface area contributed by atoms with Crippen LogP contribution in [0.1, 0.15) is 12.8 Å². The number of hydrogen-bond donors (Lipinski definition) is 2. The molecule has 5 heteroatoms. The summed E-state index contributed by atoms with van der Waals surface area (Å²) in [6.07, 6.45) is 1.78. The van der Waals surface area contributed by atoms with E-state index in [1.807, 2.05) is 0 Å². The minimum atomic E-state index is -0.720. The molecule has 1 unspecified atom stereocenters. The Labute approximate surface area is 88.0 Å². The van der Waals surface area contributed by atoms with Gasteiger partial charge in [-0.3, -0.25) is 4.79 Å². The third kappa shape index (κ3) is 6.83.